The van der Waals surface area contributed by atoms with Gasteiger partial charge in [-0.05, 0) is 100.0 Å². The summed E-state index contributed by atoms with van der Waals surface area (Å²) < 4.78 is 0. The monoisotopic (exact) mass is 392 g/mol. The van der Waals surface area contributed by atoms with E-state index in [9.17, 15) is 10.2 Å². The third-order valence-corrected chi connectivity index (χ3v) is 9.29. The maximum Gasteiger partial charge on any atom is 0.129 e. The molecule has 160 valence electrons. The zero-order valence-electron chi connectivity index (χ0n) is 18.2. The largest absolute Gasteiger partial charge is 0.394 e. The van der Waals surface area contributed by atoms with Crippen molar-refractivity contribution >= 4 is 5.71 Å². The topological polar surface area (TPSA) is 65.3 Å². The van der Waals surface area contributed by atoms with Gasteiger partial charge in [-0.3, -0.25) is 0 Å². The van der Waals surface area contributed by atoms with Gasteiger partial charge in [-0.25, -0.2) is 0 Å². The molecule has 3 unspecified atom stereocenters. The van der Waals surface area contributed by atoms with Crippen LogP contribution in [0, 0.1) is 34.5 Å². The summed E-state index contributed by atoms with van der Waals surface area (Å²) in [6, 6.07) is 0. The lowest BCUT2D eigenvalue weighted by atomic mass is 9.44. The molecule has 0 heterocycles. The Morgan fingerprint density at radius 2 is 1.79 bits per heavy atom. The van der Waals surface area contributed by atoms with E-state index in [0.29, 0.717) is 30.3 Å². The predicted octanol–water partition coefficient (Wildman–Crippen LogP) is 3.30. The number of hydrogen-bond acceptors (Lipinski definition) is 5. The van der Waals surface area contributed by atoms with Crippen molar-refractivity contribution < 1.29 is 15.1 Å². The molecule has 4 aliphatic carbocycles. The Kier molecular flexibility index (Phi) is 5.56. The van der Waals surface area contributed by atoms with Gasteiger partial charge in [0.05, 0.1) is 17.9 Å². The highest BCUT2D eigenvalue weighted by atomic mass is 16.6. The predicted molar refractivity (Wildman–Crippen MR) is 111 cm³/mol. The van der Waals surface area contributed by atoms with E-state index >= 15 is 0 Å². The van der Waals surface area contributed by atoms with Gasteiger partial charge in [-0.15, -0.1) is 0 Å². The second kappa shape index (κ2) is 7.55. The minimum atomic E-state index is -0.251. The van der Waals surface area contributed by atoms with Crippen molar-refractivity contribution in [2.75, 3.05) is 27.2 Å². The lowest BCUT2D eigenvalue weighted by molar-refractivity contribution is -0.153. The summed E-state index contributed by atoms with van der Waals surface area (Å²) in [7, 11) is 4.08. The molecule has 0 radical (unpaired) electrons. The molecule has 4 fully saturated rings. The zero-order valence-corrected chi connectivity index (χ0v) is 18.2. The minimum Gasteiger partial charge on any atom is -0.394 e. The molecule has 0 aromatic heterocycles. The maximum atomic E-state index is 11.2. The normalized spacial score (nSPS) is 49.6. The summed E-state index contributed by atoms with van der Waals surface area (Å²) in [5.41, 5.74) is 1.40. The van der Waals surface area contributed by atoms with Gasteiger partial charge in [0.25, 0.3) is 0 Å². The van der Waals surface area contributed by atoms with Crippen LogP contribution in [0.5, 0.6) is 0 Å². The van der Waals surface area contributed by atoms with Gasteiger partial charge in [-0.1, -0.05) is 19.0 Å². The number of aliphatic hydroxyl groups excluding tert-OH is 2. The van der Waals surface area contributed by atoms with Crippen LogP contribution in [0.3, 0.4) is 0 Å². The Morgan fingerprint density at radius 1 is 1.04 bits per heavy atom. The highest BCUT2D eigenvalue weighted by Gasteiger charge is 2.61. The molecule has 0 aromatic rings. The number of rotatable bonds is 4. The second-order valence-corrected chi connectivity index (χ2v) is 10.9. The van der Waals surface area contributed by atoms with Crippen molar-refractivity contribution in [2.45, 2.75) is 77.4 Å². The molecule has 0 spiro atoms. The molecule has 0 amide bonds. The van der Waals surface area contributed by atoms with Gasteiger partial charge >= 0.3 is 0 Å². The van der Waals surface area contributed by atoms with Gasteiger partial charge < -0.3 is 20.0 Å². The second-order valence-electron chi connectivity index (χ2n) is 10.9. The summed E-state index contributed by atoms with van der Waals surface area (Å²) in [6.45, 7) is 6.24. The van der Waals surface area contributed by atoms with E-state index in [1.165, 1.54) is 6.42 Å². The molecular formula is C23H40N2O3. The summed E-state index contributed by atoms with van der Waals surface area (Å²) in [5.74, 6) is 2.13. The first-order valence-electron chi connectivity index (χ1n) is 11.4. The van der Waals surface area contributed by atoms with Crippen LogP contribution in [0.15, 0.2) is 5.16 Å². The summed E-state index contributed by atoms with van der Waals surface area (Å²) in [5, 5.41) is 26.2. The Labute approximate surface area is 170 Å². The molecule has 4 saturated carbocycles. The van der Waals surface area contributed by atoms with E-state index in [-0.39, 0.29) is 23.0 Å². The van der Waals surface area contributed by atoms with Crippen molar-refractivity contribution in [1.82, 2.24) is 4.90 Å². The van der Waals surface area contributed by atoms with E-state index < -0.39 is 0 Å². The smallest absolute Gasteiger partial charge is 0.129 e. The first-order valence-corrected chi connectivity index (χ1v) is 11.4. The fraction of sp³-hybridized carbons (Fsp3) is 0.957. The number of aliphatic hydroxyl groups is 2. The van der Waals surface area contributed by atoms with Gasteiger partial charge in [0.1, 0.15) is 6.61 Å². The lowest BCUT2D eigenvalue weighted by Gasteiger charge is -2.61. The van der Waals surface area contributed by atoms with Crippen molar-refractivity contribution in [2.24, 2.45) is 39.7 Å². The number of fused-ring (bicyclic) bond motifs is 5. The van der Waals surface area contributed by atoms with Crippen LogP contribution in [0.2, 0.25) is 0 Å². The highest BCUT2D eigenvalue weighted by Crippen LogP contribution is 2.65. The Hall–Kier alpha value is -0.650. The molecular weight excluding hydrogens is 352 g/mol. The first-order chi connectivity index (χ1) is 13.3. The summed E-state index contributed by atoms with van der Waals surface area (Å²) >= 11 is 0. The third kappa shape index (κ3) is 3.31. The molecule has 0 aliphatic heterocycles. The van der Waals surface area contributed by atoms with E-state index in [2.05, 4.69) is 23.9 Å². The zero-order chi connectivity index (χ0) is 20.1. The molecule has 4 aliphatic rings. The number of likely N-dealkylation sites (N-methyl/N-ethyl adjacent to an activating group) is 1. The molecule has 2 N–H and O–H groups in total. The summed E-state index contributed by atoms with van der Waals surface area (Å²) in [4.78, 5) is 7.65. The van der Waals surface area contributed by atoms with Crippen molar-refractivity contribution in [3.05, 3.63) is 0 Å². The van der Waals surface area contributed by atoms with Crippen molar-refractivity contribution in [3.8, 4) is 0 Å². The average Bonchev–Trinajstić information content (AvgIpc) is 2.95. The Bertz CT molecular complexity index is 609. The van der Waals surface area contributed by atoms with E-state index in [1.54, 1.807) is 0 Å². The van der Waals surface area contributed by atoms with E-state index in [1.807, 2.05) is 14.1 Å². The van der Waals surface area contributed by atoms with Gasteiger partial charge in [0.2, 0.25) is 0 Å². The van der Waals surface area contributed by atoms with Gasteiger partial charge in [0.15, 0.2) is 0 Å². The quantitative estimate of drug-likeness (QED) is 0.569. The Balaban J connectivity index is 1.48. The van der Waals surface area contributed by atoms with Crippen molar-refractivity contribution in [1.29, 1.82) is 0 Å². The first kappa shape index (κ1) is 20.6. The van der Waals surface area contributed by atoms with Crippen molar-refractivity contribution in [3.63, 3.8) is 0 Å². The molecule has 5 heteroatoms. The molecule has 5 nitrogen and oxygen atoms in total. The molecule has 0 bridgehead atoms. The SMILES string of the molecule is CN(C)CCO/N=C1\CC[C@]2(C)C3CC[C@]4(C)C(O)CC[C@H]4C3C[C@@H](O)[C@H]2C1. The van der Waals surface area contributed by atoms with Gasteiger partial charge in [0, 0.05) is 6.54 Å². The van der Waals surface area contributed by atoms with Gasteiger partial charge in [-0.2, -0.15) is 0 Å². The number of nitrogens with zero attached hydrogens (tertiary/aromatic N) is 2. The van der Waals surface area contributed by atoms with E-state index in [4.69, 9.17) is 4.84 Å². The fourth-order valence-electron chi connectivity index (χ4n) is 7.52. The van der Waals surface area contributed by atoms with Crippen LogP contribution in [0.4, 0.5) is 0 Å². The average molecular weight is 393 g/mol. The van der Waals surface area contributed by atoms with Crippen LogP contribution in [0.25, 0.3) is 0 Å². The molecule has 28 heavy (non-hydrogen) atoms. The van der Waals surface area contributed by atoms with Crippen LogP contribution in [-0.4, -0.2) is 60.3 Å². The highest BCUT2D eigenvalue weighted by molar-refractivity contribution is 5.85. The third-order valence-electron chi connectivity index (χ3n) is 9.29. The van der Waals surface area contributed by atoms with Crippen LogP contribution >= 0.6 is 0 Å². The molecule has 8 atom stereocenters. The Morgan fingerprint density at radius 3 is 2.54 bits per heavy atom. The lowest BCUT2D eigenvalue weighted by Crippen LogP contribution is -2.58. The molecule has 0 saturated heterocycles. The summed E-state index contributed by atoms with van der Waals surface area (Å²) in [6.07, 6.45) is 7.94. The van der Waals surface area contributed by atoms with E-state index in [0.717, 1.165) is 57.2 Å². The fourth-order valence-corrected chi connectivity index (χ4v) is 7.52. The van der Waals surface area contributed by atoms with Crippen LogP contribution in [-0.2, 0) is 4.84 Å². The minimum absolute atomic E-state index is 0.0750. The standard InChI is InChI=1S/C23H40N2O3/c1-22-9-7-15(24-28-12-11-25(3)4)13-19(22)20(26)14-16-17-5-6-21(27)23(17,2)10-8-18(16)22/h16-21,26-27H,5-14H2,1-4H3/b24-15+/t16?,17-,18?,19+,20+,21?,22+,23-/m0/s1. The maximum absolute atomic E-state index is 11.2. The molecule has 0 aromatic carbocycles. The molecule has 4 rings (SSSR count). The van der Waals surface area contributed by atoms with Crippen LogP contribution in [0.1, 0.15) is 65.2 Å². The number of oxime groups is 1. The van der Waals surface area contributed by atoms with Crippen LogP contribution < -0.4 is 0 Å². The number of hydrogen-bond donors (Lipinski definition) is 2.